The van der Waals surface area contributed by atoms with Crippen molar-refractivity contribution >= 4 is 17.3 Å². The van der Waals surface area contributed by atoms with Crippen LogP contribution in [0.3, 0.4) is 0 Å². The van der Waals surface area contributed by atoms with E-state index in [9.17, 15) is 14.9 Å². The summed E-state index contributed by atoms with van der Waals surface area (Å²) in [5, 5.41) is 16.7. The average Bonchev–Trinajstić information content (AvgIpc) is 2.72. The fourth-order valence-electron chi connectivity index (χ4n) is 3.30. The number of hydrogen-bond donors (Lipinski definition) is 2. The SMILES string of the molecule is CNC(=O)c1cc([N+](=O)[O-])ccc1NCc1ccnc(OC2CCCCC2)c1. The highest BCUT2D eigenvalue weighted by Gasteiger charge is 2.17. The quantitative estimate of drug-likeness (QED) is 0.557. The van der Waals surface area contributed by atoms with Crippen LogP contribution in [0.25, 0.3) is 0 Å². The van der Waals surface area contributed by atoms with Crippen LogP contribution in [0.15, 0.2) is 36.5 Å². The molecular weight excluding hydrogens is 360 g/mol. The number of nitro groups is 1. The van der Waals surface area contributed by atoms with E-state index >= 15 is 0 Å². The molecule has 0 bridgehead atoms. The van der Waals surface area contributed by atoms with E-state index in [1.165, 1.54) is 38.4 Å². The summed E-state index contributed by atoms with van der Waals surface area (Å²) in [5.41, 5.74) is 1.57. The molecule has 0 saturated heterocycles. The summed E-state index contributed by atoms with van der Waals surface area (Å²) >= 11 is 0. The van der Waals surface area contributed by atoms with Crippen molar-refractivity contribution in [2.24, 2.45) is 0 Å². The minimum Gasteiger partial charge on any atom is -0.474 e. The molecule has 3 rings (SSSR count). The summed E-state index contributed by atoms with van der Waals surface area (Å²) in [4.78, 5) is 26.9. The van der Waals surface area contributed by atoms with Gasteiger partial charge in [-0.05, 0) is 43.4 Å². The number of benzene rings is 1. The first kappa shape index (κ1) is 19.6. The van der Waals surface area contributed by atoms with Gasteiger partial charge in [-0.25, -0.2) is 4.98 Å². The Labute approximate surface area is 163 Å². The molecule has 1 fully saturated rings. The van der Waals surface area contributed by atoms with Gasteiger partial charge in [0.15, 0.2) is 0 Å². The van der Waals surface area contributed by atoms with Gasteiger partial charge in [-0.2, -0.15) is 0 Å². The second-order valence-electron chi connectivity index (χ2n) is 6.80. The third kappa shape index (κ3) is 4.97. The fraction of sp³-hybridized carbons (Fsp3) is 0.400. The summed E-state index contributed by atoms with van der Waals surface area (Å²) in [5.74, 6) is 0.212. The molecule has 0 atom stereocenters. The molecule has 0 spiro atoms. The highest BCUT2D eigenvalue weighted by molar-refractivity contribution is 6.00. The highest BCUT2D eigenvalue weighted by atomic mass is 16.6. The number of amides is 1. The maximum Gasteiger partial charge on any atom is 0.270 e. The zero-order valence-electron chi connectivity index (χ0n) is 15.8. The van der Waals surface area contributed by atoms with Gasteiger partial charge in [-0.3, -0.25) is 14.9 Å². The van der Waals surface area contributed by atoms with Crippen LogP contribution in [0, 0.1) is 10.1 Å². The van der Waals surface area contributed by atoms with Gasteiger partial charge in [-0.1, -0.05) is 6.42 Å². The average molecular weight is 384 g/mol. The number of hydrogen-bond acceptors (Lipinski definition) is 6. The summed E-state index contributed by atoms with van der Waals surface area (Å²) in [7, 11) is 1.49. The first-order valence-corrected chi connectivity index (χ1v) is 9.43. The van der Waals surface area contributed by atoms with E-state index in [-0.39, 0.29) is 23.3 Å². The summed E-state index contributed by atoms with van der Waals surface area (Å²) in [6.07, 6.45) is 7.68. The number of nitro benzene ring substituents is 1. The zero-order valence-corrected chi connectivity index (χ0v) is 15.8. The topological polar surface area (TPSA) is 106 Å². The molecule has 1 saturated carbocycles. The van der Waals surface area contributed by atoms with Crippen LogP contribution in [-0.4, -0.2) is 29.0 Å². The van der Waals surface area contributed by atoms with Crippen LogP contribution in [0.4, 0.5) is 11.4 Å². The number of ether oxygens (including phenoxy) is 1. The number of anilines is 1. The Bertz CT molecular complexity index is 850. The number of aromatic nitrogens is 1. The molecule has 2 N–H and O–H groups in total. The Morgan fingerprint density at radius 3 is 2.75 bits per heavy atom. The minimum absolute atomic E-state index is 0.128. The normalized spacial score (nSPS) is 14.3. The Morgan fingerprint density at radius 1 is 1.25 bits per heavy atom. The number of carbonyl (C=O) groups is 1. The van der Waals surface area contributed by atoms with E-state index < -0.39 is 4.92 Å². The van der Waals surface area contributed by atoms with Gasteiger partial charge in [0.25, 0.3) is 11.6 Å². The second kappa shape index (κ2) is 9.16. The maximum atomic E-state index is 12.1. The molecular formula is C20H24N4O4. The van der Waals surface area contributed by atoms with Crippen LogP contribution in [0.5, 0.6) is 5.88 Å². The number of rotatable bonds is 7. The van der Waals surface area contributed by atoms with Gasteiger partial charge in [0, 0.05) is 43.7 Å². The van der Waals surface area contributed by atoms with Crippen molar-refractivity contribution in [3.05, 3.63) is 57.8 Å². The number of non-ortho nitro benzene ring substituents is 1. The first-order valence-electron chi connectivity index (χ1n) is 9.43. The van der Waals surface area contributed by atoms with Crippen molar-refractivity contribution < 1.29 is 14.5 Å². The Morgan fingerprint density at radius 2 is 2.04 bits per heavy atom. The molecule has 1 aliphatic rings. The van der Waals surface area contributed by atoms with E-state index in [1.807, 2.05) is 12.1 Å². The Balaban J connectivity index is 1.70. The molecule has 0 unspecified atom stereocenters. The predicted octanol–water partition coefficient (Wildman–Crippen LogP) is 3.67. The molecule has 1 heterocycles. The van der Waals surface area contributed by atoms with Crippen molar-refractivity contribution in [3.8, 4) is 5.88 Å². The standard InChI is InChI=1S/C20H24N4O4/c1-21-20(25)17-12-15(24(26)27)7-8-18(17)23-13-14-9-10-22-19(11-14)28-16-5-3-2-4-6-16/h7-12,16,23H,2-6,13H2,1H3,(H,21,25). The number of nitrogens with one attached hydrogen (secondary N) is 2. The van der Waals surface area contributed by atoms with Crippen LogP contribution in [0.1, 0.15) is 48.0 Å². The maximum absolute atomic E-state index is 12.1. The van der Waals surface area contributed by atoms with E-state index in [4.69, 9.17) is 4.74 Å². The third-order valence-electron chi connectivity index (χ3n) is 4.81. The molecule has 28 heavy (non-hydrogen) atoms. The van der Waals surface area contributed by atoms with Crippen LogP contribution in [-0.2, 0) is 6.54 Å². The Kier molecular flexibility index (Phi) is 6.41. The van der Waals surface area contributed by atoms with Crippen molar-refractivity contribution in [2.75, 3.05) is 12.4 Å². The van der Waals surface area contributed by atoms with E-state index in [1.54, 1.807) is 12.3 Å². The number of carbonyl (C=O) groups excluding carboxylic acids is 1. The number of pyridine rings is 1. The molecule has 8 nitrogen and oxygen atoms in total. The molecule has 1 amide bonds. The monoisotopic (exact) mass is 384 g/mol. The van der Waals surface area contributed by atoms with Gasteiger partial charge in [0.1, 0.15) is 6.10 Å². The minimum atomic E-state index is -0.520. The first-order chi connectivity index (χ1) is 13.6. The smallest absolute Gasteiger partial charge is 0.270 e. The lowest BCUT2D eigenvalue weighted by atomic mass is 9.98. The van der Waals surface area contributed by atoms with E-state index in [0.29, 0.717) is 18.1 Å². The zero-order chi connectivity index (χ0) is 19.9. The molecule has 0 radical (unpaired) electrons. The van der Waals surface area contributed by atoms with Gasteiger partial charge in [0.05, 0.1) is 10.5 Å². The van der Waals surface area contributed by atoms with E-state index in [2.05, 4.69) is 15.6 Å². The van der Waals surface area contributed by atoms with Crippen LogP contribution in [0.2, 0.25) is 0 Å². The van der Waals surface area contributed by atoms with E-state index in [0.717, 1.165) is 18.4 Å². The van der Waals surface area contributed by atoms with Crippen molar-refractivity contribution in [3.63, 3.8) is 0 Å². The van der Waals surface area contributed by atoms with Crippen molar-refractivity contribution in [1.29, 1.82) is 0 Å². The van der Waals surface area contributed by atoms with Gasteiger partial charge in [-0.15, -0.1) is 0 Å². The molecule has 1 aromatic heterocycles. The summed E-state index contributed by atoms with van der Waals surface area (Å²) in [6, 6.07) is 7.94. The number of nitrogens with zero attached hydrogens (tertiary/aromatic N) is 2. The lowest BCUT2D eigenvalue weighted by molar-refractivity contribution is -0.384. The highest BCUT2D eigenvalue weighted by Crippen LogP contribution is 2.25. The summed E-state index contributed by atoms with van der Waals surface area (Å²) in [6.45, 7) is 0.436. The van der Waals surface area contributed by atoms with Crippen molar-refractivity contribution in [2.45, 2.75) is 44.8 Å². The fourth-order valence-corrected chi connectivity index (χ4v) is 3.30. The van der Waals surface area contributed by atoms with Gasteiger partial charge >= 0.3 is 0 Å². The second-order valence-corrected chi connectivity index (χ2v) is 6.80. The van der Waals surface area contributed by atoms with Crippen LogP contribution < -0.4 is 15.4 Å². The lowest BCUT2D eigenvalue weighted by Gasteiger charge is -2.22. The molecule has 8 heteroatoms. The third-order valence-corrected chi connectivity index (χ3v) is 4.81. The molecule has 1 aliphatic carbocycles. The van der Waals surface area contributed by atoms with Gasteiger partial charge < -0.3 is 15.4 Å². The predicted molar refractivity (Wildman–Crippen MR) is 106 cm³/mol. The molecule has 1 aromatic carbocycles. The van der Waals surface area contributed by atoms with Crippen molar-refractivity contribution in [1.82, 2.24) is 10.3 Å². The summed E-state index contributed by atoms with van der Waals surface area (Å²) < 4.78 is 5.99. The van der Waals surface area contributed by atoms with Gasteiger partial charge in [0.2, 0.25) is 5.88 Å². The van der Waals surface area contributed by atoms with Crippen LogP contribution >= 0.6 is 0 Å². The lowest BCUT2D eigenvalue weighted by Crippen LogP contribution is -2.20. The Hall–Kier alpha value is -3.16. The molecule has 0 aliphatic heterocycles. The molecule has 148 valence electrons. The largest absolute Gasteiger partial charge is 0.474 e. The molecule has 2 aromatic rings.